The maximum atomic E-state index is 4.46. The lowest BCUT2D eigenvalue weighted by atomic mass is 9.98. The highest BCUT2D eigenvalue weighted by Crippen LogP contribution is 2.26. The van der Waals surface area contributed by atoms with E-state index in [1.54, 1.807) is 0 Å². The maximum absolute atomic E-state index is 4.46. The summed E-state index contributed by atoms with van der Waals surface area (Å²) in [4.78, 5) is 5.79. The van der Waals surface area contributed by atoms with E-state index >= 15 is 0 Å². The van der Waals surface area contributed by atoms with E-state index in [9.17, 15) is 0 Å². The highest BCUT2D eigenvalue weighted by molar-refractivity contribution is 7.98. The van der Waals surface area contributed by atoms with Gasteiger partial charge in [0.25, 0.3) is 0 Å². The number of rotatable bonds is 5. The summed E-state index contributed by atoms with van der Waals surface area (Å²) in [6.45, 7) is 8.64. The summed E-state index contributed by atoms with van der Waals surface area (Å²) in [6, 6.07) is 0. The minimum atomic E-state index is 0.183. The fourth-order valence-corrected chi connectivity index (χ4v) is 2.41. The molecule has 1 aromatic rings. The van der Waals surface area contributed by atoms with Gasteiger partial charge < -0.3 is 5.32 Å². The first-order valence-corrected chi connectivity index (χ1v) is 7.40. The van der Waals surface area contributed by atoms with Gasteiger partial charge >= 0.3 is 0 Å². The molecule has 15 heavy (non-hydrogen) atoms. The van der Waals surface area contributed by atoms with Gasteiger partial charge in [-0.25, -0.2) is 4.98 Å². The predicted molar refractivity (Wildman–Crippen MR) is 70.9 cm³/mol. The molecule has 0 aliphatic rings. The Morgan fingerprint density at radius 1 is 1.47 bits per heavy atom. The molecule has 0 aliphatic carbocycles. The Hall–Kier alpha value is -0.0600. The van der Waals surface area contributed by atoms with Crippen molar-refractivity contribution in [2.24, 2.45) is 0 Å². The number of hydrogen-bond acceptors (Lipinski definition) is 4. The molecule has 86 valence electrons. The van der Waals surface area contributed by atoms with E-state index in [4.69, 9.17) is 0 Å². The third kappa shape index (κ3) is 4.53. The SMILES string of the molecule is CSCCNCc1cnc(C(C)(C)C)s1. The Morgan fingerprint density at radius 2 is 2.20 bits per heavy atom. The van der Waals surface area contributed by atoms with Crippen LogP contribution in [0.4, 0.5) is 0 Å². The molecule has 0 fully saturated rings. The third-order valence-electron chi connectivity index (χ3n) is 1.98. The average molecular weight is 244 g/mol. The molecule has 0 radical (unpaired) electrons. The molecule has 4 heteroatoms. The standard InChI is InChI=1S/C11H20N2S2/c1-11(2,3)10-13-8-9(15-10)7-12-5-6-14-4/h8,12H,5-7H2,1-4H3. The normalized spacial score (nSPS) is 12.0. The number of nitrogens with zero attached hydrogens (tertiary/aromatic N) is 1. The van der Waals surface area contributed by atoms with Gasteiger partial charge in [-0.05, 0) is 6.26 Å². The van der Waals surface area contributed by atoms with E-state index in [0.717, 1.165) is 13.1 Å². The van der Waals surface area contributed by atoms with E-state index in [-0.39, 0.29) is 5.41 Å². The van der Waals surface area contributed by atoms with Crippen molar-refractivity contribution in [1.29, 1.82) is 0 Å². The van der Waals surface area contributed by atoms with Crippen molar-refractivity contribution >= 4 is 23.1 Å². The van der Waals surface area contributed by atoms with Crippen LogP contribution in [0.2, 0.25) is 0 Å². The molecular weight excluding hydrogens is 224 g/mol. The first kappa shape index (κ1) is 13.0. The molecule has 0 aromatic carbocycles. The fraction of sp³-hybridized carbons (Fsp3) is 0.727. The van der Waals surface area contributed by atoms with Gasteiger partial charge in [-0.1, -0.05) is 20.8 Å². The van der Waals surface area contributed by atoms with Gasteiger partial charge in [0, 0.05) is 35.3 Å². The second-order valence-electron chi connectivity index (χ2n) is 4.55. The van der Waals surface area contributed by atoms with Crippen LogP contribution in [-0.4, -0.2) is 23.5 Å². The van der Waals surface area contributed by atoms with Crippen LogP contribution in [-0.2, 0) is 12.0 Å². The van der Waals surface area contributed by atoms with Crippen LogP contribution < -0.4 is 5.32 Å². The Kier molecular flexibility index (Phi) is 5.09. The Labute approximate surface area is 101 Å². The van der Waals surface area contributed by atoms with Gasteiger partial charge in [0.15, 0.2) is 0 Å². The first-order chi connectivity index (χ1) is 7.04. The molecule has 0 saturated heterocycles. The van der Waals surface area contributed by atoms with Crippen LogP contribution in [0.25, 0.3) is 0 Å². The number of nitrogens with one attached hydrogen (secondary N) is 1. The summed E-state index contributed by atoms with van der Waals surface area (Å²) >= 11 is 3.69. The van der Waals surface area contributed by atoms with Crippen LogP contribution in [0, 0.1) is 0 Å². The van der Waals surface area contributed by atoms with Crippen molar-refractivity contribution in [2.75, 3.05) is 18.6 Å². The molecule has 0 atom stereocenters. The van der Waals surface area contributed by atoms with Gasteiger partial charge in [0.2, 0.25) is 0 Å². The summed E-state index contributed by atoms with van der Waals surface area (Å²) < 4.78 is 0. The fourth-order valence-electron chi connectivity index (χ4n) is 1.12. The smallest absolute Gasteiger partial charge is 0.0981 e. The molecule has 2 nitrogen and oxygen atoms in total. The summed E-state index contributed by atoms with van der Waals surface area (Å²) in [5.41, 5.74) is 0.183. The summed E-state index contributed by atoms with van der Waals surface area (Å²) in [6.07, 6.45) is 4.13. The topological polar surface area (TPSA) is 24.9 Å². The monoisotopic (exact) mass is 244 g/mol. The van der Waals surface area contributed by atoms with E-state index in [1.165, 1.54) is 15.6 Å². The Balaban J connectivity index is 2.40. The molecular formula is C11H20N2S2. The van der Waals surface area contributed by atoms with Crippen LogP contribution in [0.1, 0.15) is 30.7 Å². The van der Waals surface area contributed by atoms with E-state index < -0.39 is 0 Å². The molecule has 0 aliphatic heterocycles. The Morgan fingerprint density at radius 3 is 2.73 bits per heavy atom. The minimum Gasteiger partial charge on any atom is -0.311 e. The van der Waals surface area contributed by atoms with E-state index in [0.29, 0.717) is 0 Å². The summed E-state index contributed by atoms with van der Waals surface area (Å²) in [5, 5.41) is 4.64. The summed E-state index contributed by atoms with van der Waals surface area (Å²) in [7, 11) is 0. The maximum Gasteiger partial charge on any atom is 0.0981 e. The number of thiazole rings is 1. The molecule has 1 N–H and O–H groups in total. The van der Waals surface area contributed by atoms with E-state index in [1.807, 2.05) is 29.3 Å². The second-order valence-corrected chi connectivity index (χ2v) is 6.65. The lowest BCUT2D eigenvalue weighted by molar-refractivity contribution is 0.585. The number of thioether (sulfide) groups is 1. The predicted octanol–water partition coefficient (Wildman–Crippen LogP) is 2.89. The largest absolute Gasteiger partial charge is 0.311 e. The molecule has 0 bridgehead atoms. The van der Waals surface area contributed by atoms with Gasteiger partial charge in [-0.2, -0.15) is 11.8 Å². The quantitative estimate of drug-likeness (QED) is 0.806. The van der Waals surface area contributed by atoms with Crippen molar-refractivity contribution in [2.45, 2.75) is 32.7 Å². The molecule has 1 heterocycles. The zero-order valence-corrected chi connectivity index (χ0v) is 11.6. The minimum absolute atomic E-state index is 0.183. The lowest BCUT2D eigenvalue weighted by Gasteiger charge is -2.13. The van der Waals surface area contributed by atoms with Crippen LogP contribution in [0.15, 0.2) is 6.20 Å². The van der Waals surface area contributed by atoms with Crippen molar-refractivity contribution < 1.29 is 0 Å². The molecule has 0 saturated carbocycles. The van der Waals surface area contributed by atoms with Crippen molar-refractivity contribution in [3.8, 4) is 0 Å². The van der Waals surface area contributed by atoms with E-state index in [2.05, 4.69) is 37.3 Å². The lowest BCUT2D eigenvalue weighted by Crippen LogP contribution is -2.15. The van der Waals surface area contributed by atoms with Crippen molar-refractivity contribution in [1.82, 2.24) is 10.3 Å². The van der Waals surface area contributed by atoms with Crippen LogP contribution >= 0.6 is 23.1 Å². The second kappa shape index (κ2) is 5.87. The van der Waals surface area contributed by atoms with Crippen LogP contribution in [0.3, 0.4) is 0 Å². The zero-order chi connectivity index (χ0) is 11.3. The average Bonchev–Trinajstić information content (AvgIpc) is 2.60. The zero-order valence-electron chi connectivity index (χ0n) is 9.96. The molecule has 1 aromatic heterocycles. The van der Waals surface area contributed by atoms with Gasteiger partial charge in [0.1, 0.15) is 0 Å². The number of hydrogen-bond donors (Lipinski definition) is 1. The van der Waals surface area contributed by atoms with Crippen LogP contribution in [0.5, 0.6) is 0 Å². The van der Waals surface area contributed by atoms with Gasteiger partial charge in [-0.15, -0.1) is 11.3 Å². The Bertz CT molecular complexity index is 289. The highest BCUT2D eigenvalue weighted by atomic mass is 32.2. The first-order valence-electron chi connectivity index (χ1n) is 5.19. The molecule has 0 amide bonds. The third-order valence-corrected chi connectivity index (χ3v) is 4.01. The number of aromatic nitrogens is 1. The summed E-state index contributed by atoms with van der Waals surface area (Å²) in [5.74, 6) is 1.17. The highest BCUT2D eigenvalue weighted by Gasteiger charge is 2.17. The molecule has 0 unspecified atom stereocenters. The van der Waals surface area contributed by atoms with Crippen molar-refractivity contribution in [3.63, 3.8) is 0 Å². The molecule has 0 spiro atoms. The van der Waals surface area contributed by atoms with Gasteiger partial charge in [-0.3, -0.25) is 0 Å². The van der Waals surface area contributed by atoms with Gasteiger partial charge in [0.05, 0.1) is 5.01 Å². The molecule has 1 rings (SSSR count). The van der Waals surface area contributed by atoms with Crippen molar-refractivity contribution in [3.05, 3.63) is 16.1 Å².